The Kier molecular flexibility index (Phi) is 3.34. The average Bonchev–Trinajstić information content (AvgIpc) is 3.20. The van der Waals surface area contributed by atoms with Crippen molar-refractivity contribution in [3.63, 3.8) is 0 Å². The Bertz CT molecular complexity index is 474. The van der Waals surface area contributed by atoms with Gasteiger partial charge in [0.15, 0.2) is 0 Å². The summed E-state index contributed by atoms with van der Waals surface area (Å²) in [5, 5.41) is 3.49. The summed E-state index contributed by atoms with van der Waals surface area (Å²) in [4.78, 5) is 0. The van der Waals surface area contributed by atoms with Crippen LogP contribution in [0.2, 0.25) is 0 Å². The van der Waals surface area contributed by atoms with Gasteiger partial charge in [-0.15, -0.1) is 0 Å². The molecule has 0 bridgehead atoms. The third-order valence-electron chi connectivity index (χ3n) is 6.24. The van der Waals surface area contributed by atoms with Gasteiger partial charge in [0.25, 0.3) is 0 Å². The maximum atomic E-state index is 3.49. The largest absolute Gasteiger partial charge is 0.317 e. The van der Waals surface area contributed by atoms with Crippen LogP contribution >= 0.6 is 0 Å². The third kappa shape index (κ3) is 2.20. The zero-order valence-electron chi connectivity index (χ0n) is 12.5. The lowest BCUT2D eigenvalue weighted by Gasteiger charge is -2.27. The number of fused-ring (bicyclic) bond motifs is 2. The summed E-state index contributed by atoms with van der Waals surface area (Å²) < 4.78 is 0. The van der Waals surface area contributed by atoms with Gasteiger partial charge in [-0.2, -0.15) is 0 Å². The van der Waals surface area contributed by atoms with Crippen molar-refractivity contribution in [1.29, 1.82) is 0 Å². The van der Waals surface area contributed by atoms with E-state index in [1.165, 1.54) is 64.5 Å². The molecule has 0 amide bonds. The van der Waals surface area contributed by atoms with Crippen molar-refractivity contribution < 1.29 is 0 Å². The molecule has 1 aromatic carbocycles. The standard InChI is InChI=1S/C19H27N/c1-2-6-18-16(4-1)5-3-11-19(18)14-17(19)8-7-15-9-12-20-13-10-15/h1-2,4,6,15,17,20H,3,5,7-14H2. The van der Waals surface area contributed by atoms with Crippen LogP contribution in [0.1, 0.15) is 56.1 Å². The molecule has 1 spiro atoms. The van der Waals surface area contributed by atoms with Crippen LogP contribution in [0.15, 0.2) is 24.3 Å². The molecule has 108 valence electrons. The molecular weight excluding hydrogens is 242 g/mol. The van der Waals surface area contributed by atoms with E-state index in [9.17, 15) is 0 Å². The van der Waals surface area contributed by atoms with Crippen LogP contribution < -0.4 is 5.32 Å². The molecule has 2 unspecified atom stereocenters. The minimum atomic E-state index is 0.613. The Morgan fingerprint density at radius 3 is 2.85 bits per heavy atom. The van der Waals surface area contributed by atoms with Crippen molar-refractivity contribution in [3.05, 3.63) is 35.4 Å². The number of rotatable bonds is 3. The molecule has 20 heavy (non-hydrogen) atoms. The van der Waals surface area contributed by atoms with Crippen LogP contribution in [0.3, 0.4) is 0 Å². The molecule has 1 heterocycles. The highest BCUT2D eigenvalue weighted by atomic mass is 14.9. The van der Waals surface area contributed by atoms with E-state index in [-0.39, 0.29) is 0 Å². The van der Waals surface area contributed by atoms with Crippen LogP contribution in [0.25, 0.3) is 0 Å². The molecular formula is C19H27N. The van der Waals surface area contributed by atoms with Gasteiger partial charge in [0.05, 0.1) is 0 Å². The summed E-state index contributed by atoms with van der Waals surface area (Å²) >= 11 is 0. The molecule has 3 aliphatic rings. The normalized spacial score (nSPS) is 33.1. The predicted molar refractivity (Wildman–Crippen MR) is 84.0 cm³/mol. The van der Waals surface area contributed by atoms with Crippen molar-refractivity contribution in [3.8, 4) is 0 Å². The first kappa shape index (κ1) is 12.9. The van der Waals surface area contributed by atoms with Gasteiger partial charge in [-0.25, -0.2) is 0 Å². The van der Waals surface area contributed by atoms with Gasteiger partial charge in [-0.3, -0.25) is 0 Å². The van der Waals surface area contributed by atoms with Crippen LogP contribution in [-0.2, 0) is 11.8 Å². The summed E-state index contributed by atoms with van der Waals surface area (Å²) in [5.74, 6) is 2.01. The molecule has 0 aromatic heterocycles. The van der Waals surface area contributed by atoms with E-state index < -0.39 is 0 Å². The number of aryl methyl sites for hydroxylation is 1. The smallest absolute Gasteiger partial charge is 0.00126 e. The SMILES string of the molecule is c1ccc2c(c1)CCCC21CC1CCC1CCNCC1. The number of hydrogen-bond acceptors (Lipinski definition) is 1. The molecule has 1 aromatic rings. The first-order valence-electron chi connectivity index (χ1n) is 8.68. The van der Waals surface area contributed by atoms with Gasteiger partial charge in [0.2, 0.25) is 0 Å². The maximum Gasteiger partial charge on any atom is -0.00126 e. The molecule has 2 aliphatic carbocycles. The fourth-order valence-electron chi connectivity index (χ4n) is 4.96. The Labute approximate surface area is 123 Å². The number of piperidine rings is 1. The summed E-state index contributed by atoms with van der Waals surface area (Å²) in [6.07, 6.45) is 11.5. The minimum Gasteiger partial charge on any atom is -0.317 e. The van der Waals surface area contributed by atoms with Gasteiger partial charge in [-0.1, -0.05) is 30.7 Å². The quantitative estimate of drug-likeness (QED) is 0.872. The molecule has 1 saturated heterocycles. The van der Waals surface area contributed by atoms with Crippen molar-refractivity contribution in [2.24, 2.45) is 11.8 Å². The molecule has 1 aliphatic heterocycles. The van der Waals surface area contributed by atoms with E-state index >= 15 is 0 Å². The molecule has 1 saturated carbocycles. The van der Waals surface area contributed by atoms with Gasteiger partial charge in [0, 0.05) is 0 Å². The van der Waals surface area contributed by atoms with Gasteiger partial charge in [-0.05, 0) is 86.4 Å². The van der Waals surface area contributed by atoms with E-state index in [0.29, 0.717) is 5.41 Å². The first-order chi connectivity index (χ1) is 9.88. The second-order valence-electron chi connectivity index (χ2n) is 7.34. The molecule has 1 N–H and O–H groups in total. The highest BCUT2D eigenvalue weighted by Gasteiger charge is 2.55. The fourth-order valence-corrected chi connectivity index (χ4v) is 4.96. The van der Waals surface area contributed by atoms with Crippen LogP contribution in [0, 0.1) is 11.8 Å². The van der Waals surface area contributed by atoms with E-state index in [0.717, 1.165) is 11.8 Å². The Morgan fingerprint density at radius 1 is 1.10 bits per heavy atom. The molecule has 2 atom stereocenters. The summed E-state index contributed by atoms with van der Waals surface area (Å²) in [5.41, 5.74) is 3.99. The lowest BCUT2D eigenvalue weighted by Crippen LogP contribution is -2.27. The third-order valence-corrected chi connectivity index (χ3v) is 6.24. The van der Waals surface area contributed by atoms with Crippen LogP contribution in [0.4, 0.5) is 0 Å². The van der Waals surface area contributed by atoms with E-state index in [2.05, 4.69) is 29.6 Å². The van der Waals surface area contributed by atoms with Crippen LogP contribution in [0.5, 0.6) is 0 Å². The summed E-state index contributed by atoms with van der Waals surface area (Å²) in [6, 6.07) is 9.29. The summed E-state index contributed by atoms with van der Waals surface area (Å²) in [6.45, 7) is 2.51. The highest BCUT2D eigenvalue weighted by Crippen LogP contribution is 2.62. The zero-order valence-corrected chi connectivity index (χ0v) is 12.5. The van der Waals surface area contributed by atoms with Gasteiger partial charge >= 0.3 is 0 Å². The topological polar surface area (TPSA) is 12.0 Å². The van der Waals surface area contributed by atoms with E-state index in [4.69, 9.17) is 0 Å². The number of benzene rings is 1. The lowest BCUT2D eigenvalue weighted by atomic mass is 9.77. The predicted octanol–water partition coefficient (Wildman–Crippen LogP) is 4.06. The molecule has 2 fully saturated rings. The molecule has 1 nitrogen and oxygen atoms in total. The average molecular weight is 269 g/mol. The van der Waals surface area contributed by atoms with Gasteiger partial charge < -0.3 is 5.32 Å². The lowest BCUT2D eigenvalue weighted by molar-refractivity contribution is 0.333. The second kappa shape index (κ2) is 5.18. The summed E-state index contributed by atoms with van der Waals surface area (Å²) in [7, 11) is 0. The Morgan fingerprint density at radius 2 is 1.95 bits per heavy atom. The van der Waals surface area contributed by atoms with Crippen molar-refractivity contribution in [2.45, 2.75) is 56.8 Å². The number of nitrogens with one attached hydrogen (secondary N) is 1. The first-order valence-corrected chi connectivity index (χ1v) is 8.68. The Balaban J connectivity index is 1.41. The van der Waals surface area contributed by atoms with E-state index in [1.54, 1.807) is 11.1 Å². The highest BCUT2D eigenvalue weighted by molar-refractivity contribution is 5.42. The number of hydrogen-bond donors (Lipinski definition) is 1. The van der Waals surface area contributed by atoms with Crippen molar-refractivity contribution >= 4 is 0 Å². The van der Waals surface area contributed by atoms with E-state index in [1.807, 2.05) is 0 Å². The van der Waals surface area contributed by atoms with Crippen molar-refractivity contribution in [1.82, 2.24) is 5.32 Å². The minimum absolute atomic E-state index is 0.613. The maximum absolute atomic E-state index is 3.49. The molecule has 0 radical (unpaired) electrons. The molecule has 4 rings (SSSR count). The van der Waals surface area contributed by atoms with Crippen LogP contribution in [-0.4, -0.2) is 13.1 Å². The molecule has 1 heteroatoms. The second-order valence-corrected chi connectivity index (χ2v) is 7.34. The fraction of sp³-hybridized carbons (Fsp3) is 0.684. The van der Waals surface area contributed by atoms with Gasteiger partial charge in [0.1, 0.15) is 0 Å². The van der Waals surface area contributed by atoms with Crippen molar-refractivity contribution in [2.75, 3.05) is 13.1 Å². The monoisotopic (exact) mass is 269 g/mol. The zero-order chi connectivity index (χ0) is 13.4. The Hall–Kier alpha value is -0.820.